The molecule has 0 bridgehead atoms. The molecule has 0 aliphatic heterocycles. The van der Waals surface area contributed by atoms with Crippen molar-refractivity contribution in [2.45, 2.75) is 43.2 Å². The van der Waals surface area contributed by atoms with Crippen molar-refractivity contribution in [2.75, 3.05) is 7.11 Å². The molecule has 0 heterocycles. The van der Waals surface area contributed by atoms with Crippen molar-refractivity contribution >= 4 is 35.0 Å². The fraction of sp³-hybridized carbons (Fsp3) is 0.364. The zero-order chi connectivity index (χ0) is 22.3. The van der Waals surface area contributed by atoms with Gasteiger partial charge in [-0.1, -0.05) is 23.2 Å². The van der Waals surface area contributed by atoms with Crippen LogP contribution in [0.1, 0.15) is 42.7 Å². The van der Waals surface area contributed by atoms with Crippen LogP contribution in [0.2, 0.25) is 10.0 Å². The maximum atomic E-state index is 14.6. The number of hydrogen-bond acceptors (Lipinski definition) is 3. The van der Waals surface area contributed by atoms with E-state index in [4.69, 9.17) is 27.9 Å². The van der Waals surface area contributed by atoms with Crippen molar-refractivity contribution < 1.29 is 23.1 Å². The van der Waals surface area contributed by atoms with Gasteiger partial charge >= 0.3 is 6.03 Å². The number of Topliss-reactive ketones (excluding diaryl/α,β-unsaturated/α-hetero) is 1. The quantitative estimate of drug-likeness (QED) is 0.642. The molecule has 0 aromatic heterocycles. The van der Waals surface area contributed by atoms with Crippen LogP contribution in [0.3, 0.4) is 0 Å². The second kappa shape index (κ2) is 8.28. The van der Waals surface area contributed by atoms with Crippen LogP contribution in [-0.4, -0.2) is 25.0 Å². The van der Waals surface area contributed by atoms with Crippen molar-refractivity contribution in [3.8, 4) is 5.75 Å². The molecule has 2 aromatic rings. The lowest BCUT2D eigenvalue weighted by Gasteiger charge is -2.24. The molecule has 4 rings (SSSR count). The fourth-order valence-electron chi connectivity index (χ4n) is 4.21. The summed E-state index contributed by atoms with van der Waals surface area (Å²) in [5.41, 5.74) is -0.0896. The second-order valence-electron chi connectivity index (χ2n) is 7.93. The molecule has 0 spiro atoms. The number of urea groups is 1. The number of nitrogens with one attached hydrogen (secondary N) is 2. The summed E-state index contributed by atoms with van der Waals surface area (Å²) < 4.78 is 34.0. The van der Waals surface area contributed by atoms with Crippen LogP contribution >= 0.6 is 23.2 Å². The lowest BCUT2D eigenvalue weighted by Crippen LogP contribution is -2.49. The lowest BCUT2D eigenvalue weighted by molar-refractivity contribution is -0.119. The Kier molecular flexibility index (Phi) is 5.83. The molecule has 0 saturated heterocycles. The van der Waals surface area contributed by atoms with Gasteiger partial charge in [0.15, 0.2) is 5.78 Å². The van der Waals surface area contributed by atoms with Crippen LogP contribution in [0.5, 0.6) is 5.75 Å². The van der Waals surface area contributed by atoms with E-state index in [1.807, 2.05) is 0 Å². The van der Waals surface area contributed by atoms with E-state index in [0.717, 1.165) is 17.7 Å². The Morgan fingerprint density at radius 2 is 1.71 bits per heavy atom. The molecule has 2 N–H and O–H groups in total. The van der Waals surface area contributed by atoms with Gasteiger partial charge in [0.25, 0.3) is 0 Å². The summed E-state index contributed by atoms with van der Waals surface area (Å²) in [6.07, 6.45) is 1.72. The Morgan fingerprint density at radius 3 is 2.26 bits per heavy atom. The van der Waals surface area contributed by atoms with Crippen LogP contribution in [0.15, 0.2) is 30.3 Å². The molecule has 0 unspecified atom stereocenters. The molecule has 2 atom stereocenters. The largest absolute Gasteiger partial charge is 0.497 e. The predicted octanol–water partition coefficient (Wildman–Crippen LogP) is 5.08. The van der Waals surface area contributed by atoms with Gasteiger partial charge in [0.05, 0.1) is 18.7 Å². The highest BCUT2D eigenvalue weighted by atomic mass is 35.5. The van der Waals surface area contributed by atoms with Crippen molar-refractivity contribution in [3.05, 3.63) is 63.1 Å². The number of halogens is 4. The number of rotatable bonds is 5. The number of benzene rings is 2. The Hall–Kier alpha value is -2.38. The number of ketones is 1. The van der Waals surface area contributed by atoms with Gasteiger partial charge in [0.2, 0.25) is 0 Å². The van der Waals surface area contributed by atoms with Gasteiger partial charge in [-0.05, 0) is 43.0 Å². The van der Waals surface area contributed by atoms with E-state index in [1.54, 1.807) is 18.2 Å². The molecule has 5 nitrogen and oxygen atoms in total. The summed E-state index contributed by atoms with van der Waals surface area (Å²) in [6, 6.07) is 5.58. The third kappa shape index (κ3) is 4.34. The van der Waals surface area contributed by atoms with E-state index in [-0.39, 0.29) is 29.9 Å². The molecule has 31 heavy (non-hydrogen) atoms. The molecular formula is C22H20Cl2F2N2O3. The second-order valence-corrected chi connectivity index (χ2v) is 8.81. The molecule has 2 aromatic carbocycles. The van der Waals surface area contributed by atoms with Crippen molar-refractivity contribution in [1.82, 2.24) is 10.6 Å². The number of carbonyl (C=O) groups excluding carboxylic acids is 2. The number of hydrogen-bond donors (Lipinski definition) is 2. The van der Waals surface area contributed by atoms with Crippen LogP contribution in [0.4, 0.5) is 13.6 Å². The summed E-state index contributed by atoms with van der Waals surface area (Å²) in [4.78, 5) is 25.2. The first kappa shape index (κ1) is 21.8. The Balaban J connectivity index is 1.53. The minimum atomic E-state index is -1.03. The first-order valence-electron chi connectivity index (χ1n) is 9.83. The summed E-state index contributed by atoms with van der Waals surface area (Å²) >= 11 is 12.2. The monoisotopic (exact) mass is 468 g/mol. The van der Waals surface area contributed by atoms with Crippen LogP contribution in [0, 0.1) is 11.6 Å². The minimum absolute atomic E-state index is 0.0428. The van der Waals surface area contributed by atoms with Crippen molar-refractivity contribution in [3.63, 3.8) is 0 Å². The average Bonchev–Trinajstić information content (AvgIpc) is 3.39. The summed E-state index contributed by atoms with van der Waals surface area (Å²) in [6.45, 7) is 0. The van der Waals surface area contributed by atoms with E-state index in [2.05, 4.69) is 10.6 Å². The maximum Gasteiger partial charge on any atom is 0.316 e. The molecule has 2 aliphatic rings. The number of ether oxygens (including phenoxy) is 1. The van der Waals surface area contributed by atoms with Gasteiger partial charge in [-0.25, -0.2) is 13.6 Å². The zero-order valence-corrected chi connectivity index (χ0v) is 18.1. The van der Waals surface area contributed by atoms with Gasteiger partial charge in [-0.3, -0.25) is 4.79 Å². The van der Waals surface area contributed by atoms with E-state index in [9.17, 15) is 18.4 Å². The zero-order valence-electron chi connectivity index (χ0n) is 16.6. The van der Waals surface area contributed by atoms with Crippen molar-refractivity contribution in [2.24, 2.45) is 0 Å². The topological polar surface area (TPSA) is 67.4 Å². The predicted molar refractivity (Wildman–Crippen MR) is 113 cm³/mol. The standard InChI is InChI=1S/C22H20Cl2F2N2O3/c1-31-14-9-16(25)19(17(26)10-14)15-2-3-18(29)20(15)27-21(30)28-22(4-5-22)11-6-12(23)8-13(24)7-11/h6-10,15,20H,2-5H2,1H3,(H2,27,28,30)/t15-,20-/m0/s1. The van der Waals surface area contributed by atoms with Gasteiger partial charge in [0, 0.05) is 40.1 Å². The number of carbonyl (C=O) groups is 2. The highest BCUT2D eigenvalue weighted by Gasteiger charge is 2.47. The summed E-state index contributed by atoms with van der Waals surface area (Å²) in [7, 11) is 1.31. The van der Waals surface area contributed by atoms with Crippen LogP contribution < -0.4 is 15.4 Å². The lowest BCUT2D eigenvalue weighted by atomic mass is 9.92. The molecular weight excluding hydrogens is 449 g/mol. The number of methoxy groups -OCH3 is 1. The molecule has 9 heteroatoms. The van der Waals surface area contributed by atoms with E-state index >= 15 is 0 Å². The first-order valence-corrected chi connectivity index (χ1v) is 10.6. The van der Waals surface area contributed by atoms with E-state index in [1.165, 1.54) is 7.11 Å². The van der Waals surface area contributed by atoms with E-state index < -0.39 is 35.2 Å². The molecule has 2 amide bonds. The fourth-order valence-corrected chi connectivity index (χ4v) is 4.73. The van der Waals surface area contributed by atoms with Gasteiger partial charge in [0.1, 0.15) is 17.4 Å². The normalized spacial score (nSPS) is 21.6. The van der Waals surface area contributed by atoms with Gasteiger partial charge in [-0.15, -0.1) is 0 Å². The number of amides is 2. The smallest absolute Gasteiger partial charge is 0.316 e. The molecule has 2 fully saturated rings. The highest BCUT2D eigenvalue weighted by molar-refractivity contribution is 6.34. The van der Waals surface area contributed by atoms with Crippen molar-refractivity contribution in [1.29, 1.82) is 0 Å². The molecule has 164 valence electrons. The molecule has 2 saturated carbocycles. The maximum absolute atomic E-state index is 14.6. The molecule has 0 radical (unpaired) electrons. The average molecular weight is 469 g/mol. The van der Waals surface area contributed by atoms with E-state index in [0.29, 0.717) is 22.9 Å². The Labute approximate surface area is 188 Å². The van der Waals surface area contributed by atoms with Crippen LogP contribution in [-0.2, 0) is 10.3 Å². The SMILES string of the molecule is COc1cc(F)c([C@@H]2CCC(=O)[C@H]2NC(=O)NC2(c3cc(Cl)cc(Cl)c3)CC2)c(F)c1. The third-order valence-electron chi connectivity index (χ3n) is 5.91. The highest BCUT2D eigenvalue weighted by Crippen LogP contribution is 2.47. The Morgan fingerprint density at radius 1 is 1.10 bits per heavy atom. The summed E-state index contributed by atoms with van der Waals surface area (Å²) in [5.74, 6) is -2.65. The molecule has 2 aliphatic carbocycles. The first-order chi connectivity index (χ1) is 14.7. The Bertz CT molecular complexity index is 1020. The van der Waals surface area contributed by atoms with Gasteiger partial charge < -0.3 is 15.4 Å². The van der Waals surface area contributed by atoms with Gasteiger partial charge in [-0.2, -0.15) is 0 Å². The third-order valence-corrected chi connectivity index (χ3v) is 6.35. The van der Waals surface area contributed by atoms with Crippen LogP contribution in [0.25, 0.3) is 0 Å². The summed E-state index contributed by atoms with van der Waals surface area (Å²) in [5, 5.41) is 6.41. The minimum Gasteiger partial charge on any atom is -0.497 e.